The quantitative estimate of drug-likeness (QED) is 0.813. The summed E-state index contributed by atoms with van der Waals surface area (Å²) in [5.41, 5.74) is 2.14. The highest BCUT2D eigenvalue weighted by atomic mass is 16.5. The van der Waals surface area contributed by atoms with Crippen LogP contribution in [0.4, 0.5) is 0 Å². The predicted octanol–water partition coefficient (Wildman–Crippen LogP) is 3.12. The number of hydrogen-bond acceptors (Lipinski definition) is 3. The predicted molar refractivity (Wildman–Crippen MR) is 91.4 cm³/mol. The van der Waals surface area contributed by atoms with Crippen molar-refractivity contribution in [3.05, 3.63) is 65.7 Å². The van der Waals surface area contributed by atoms with Gasteiger partial charge >= 0.3 is 0 Å². The standard InChI is InChI=1S/C20H21NO2/c1-22-20-10-6-5-9-18(20)19(21-13-15-23-16-14-21)12-11-17-7-3-2-4-8-17/h2-10,19H,13-16H2,1H3. The maximum Gasteiger partial charge on any atom is 0.124 e. The van der Waals surface area contributed by atoms with Crippen molar-refractivity contribution in [3.8, 4) is 17.6 Å². The summed E-state index contributed by atoms with van der Waals surface area (Å²) in [4.78, 5) is 2.36. The third kappa shape index (κ3) is 3.92. The lowest BCUT2D eigenvalue weighted by Gasteiger charge is -2.32. The second-order valence-electron chi connectivity index (χ2n) is 5.43. The van der Waals surface area contributed by atoms with Crippen LogP contribution in [0.25, 0.3) is 0 Å². The Kier molecular flexibility index (Phi) is 5.31. The molecular weight excluding hydrogens is 286 g/mol. The highest BCUT2D eigenvalue weighted by molar-refractivity contribution is 5.43. The molecule has 0 saturated carbocycles. The molecule has 0 N–H and O–H groups in total. The Bertz CT molecular complexity index is 682. The highest BCUT2D eigenvalue weighted by Gasteiger charge is 2.23. The minimum absolute atomic E-state index is 0.00950. The van der Waals surface area contributed by atoms with Crippen LogP contribution < -0.4 is 4.74 Å². The van der Waals surface area contributed by atoms with E-state index in [0.29, 0.717) is 0 Å². The number of rotatable bonds is 3. The van der Waals surface area contributed by atoms with Gasteiger partial charge in [-0.05, 0) is 18.2 Å². The van der Waals surface area contributed by atoms with Crippen LogP contribution in [0.2, 0.25) is 0 Å². The third-order valence-corrected chi connectivity index (χ3v) is 3.97. The molecule has 1 heterocycles. The Hall–Kier alpha value is -2.28. The SMILES string of the molecule is COc1ccccc1C(C#Cc1ccccc1)N1CCOCC1. The monoisotopic (exact) mass is 307 g/mol. The molecule has 1 aliphatic rings. The van der Waals surface area contributed by atoms with E-state index in [9.17, 15) is 0 Å². The molecular formula is C20H21NO2. The van der Waals surface area contributed by atoms with E-state index in [1.54, 1.807) is 7.11 Å². The van der Waals surface area contributed by atoms with Gasteiger partial charge in [0.25, 0.3) is 0 Å². The van der Waals surface area contributed by atoms with Crippen molar-refractivity contribution in [2.75, 3.05) is 33.4 Å². The minimum Gasteiger partial charge on any atom is -0.496 e. The molecule has 0 aromatic heterocycles. The highest BCUT2D eigenvalue weighted by Crippen LogP contribution is 2.29. The molecule has 1 saturated heterocycles. The number of hydrogen-bond donors (Lipinski definition) is 0. The Labute approximate surface area is 137 Å². The topological polar surface area (TPSA) is 21.7 Å². The summed E-state index contributed by atoms with van der Waals surface area (Å²) >= 11 is 0. The number of benzene rings is 2. The number of methoxy groups -OCH3 is 1. The van der Waals surface area contributed by atoms with E-state index in [4.69, 9.17) is 9.47 Å². The second-order valence-corrected chi connectivity index (χ2v) is 5.43. The lowest BCUT2D eigenvalue weighted by atomic mass is 10.0. The van der Waals surface area contributed by atoms with E-state index >= 15 is 0 Å². The zero-order valence-electron chi connectivity index (χ0n) is 13.4. The van der Waals surface area contributed by atoms with Crippen molar-refractivity contribution in [2.45, 2.75) is 6.04 Å². The maximum absolute atomic E-state index is 5.54. The lowest BCUT2D eigenvalue weighted by molar-refractivity contribution is 0.0266. The number of morpholine rings is 1. The van der Waals surface area contributed by atoms with Gasteiger partial charge in [0.1, 0.15) is 11.8 Å². The summed E-state index contributed by atoms with van der Waals surface area (Å²) in [5, 5.41) is 0. The Morgan fingerprint density at radius 1 is 1.00 bits per heavy atom. The first-order valence-corrected chi connectivity index (χ1v) is 7.90. The van der Waals surface area contributed by atoms with Gasteiger partial charge in [-0.1, -0.05) is 48.2 Å². The first-order valence-electron chi connectivity index (χ1n) is 7.90. The van der Waals surface area contributed by atoms with Crippen molar-refractivity contribution in [3.63, 3.8) is 0 Å². The van der Waals surface area contributed by atoms with E-state index in [1.165, 1.54) is 0 Å². The van der Waals surface area contributed by atoms with Crippen LogP contribution in [0, 0.1) is 11.8 Å². The average Bonchev–Trinajstić information content (AvgIpc) is 2.64. The molecule has 1 atom stereocenters. The van der Waals surface area contributed by atoms with Gasteiger partial charge in [0.05, 0.1) is 20.3 Å². The Morgan fingerprint density at radius 3 is 2.43 bits per heavy atom. The summed E-state index contributed by atoms with van der Waals surface area (Å²) in [7, 11) is 1.71. The molecule has 1 aliphatic heterocycles. The molecule has 1 fully saturated rings. The third-order valence-electron chi connectivity index (χ3n) is 3.97. The first kappa shape index (κ1) is 15.6. The zero-order valence-corrected chi connectivity index (χ0v) is 13.4. The molecule has 3 heteroatoms. The van der Waals surface area contributed by atoms with Gasteiger partial charge in [-0.15, -0.1) is 0 Å². The normalized spacial score (nSPS) is 16.2. The van der Waals surface area contributed by atoms with Crippen molar-refractivity contribution in [1.29, 1.82) is 0 Å². The van der Waals surface area contributed by atoms with Crippen LogP contribution in [-0.4, -0.2) is 38.3 Å². The van der Waals surface area contributed by atoms with Gasteiger partial charge in [-0.2, -0.15) is 0 Å². The van der Waals surface area contributed by atoms with Crippen LogP contribution in [0.5, 0.6) is 5.75 Å². The fourth-order valence-electron chi connectivity index (χ4n) is 2.77. The molecule has 3 rings (SSSR count). The fraction of sp³-hybridized carbons (Fsp3) is 0.300. The molecule has 23 heavy (non-hydrogen) atoms. The lowest BCUT2D eigenvalue weighted by Crippen LogP contribution is -2.38. The van der Waals surface area contributed by atoms with Crippen molar-refractivity contribution in [1.82, 2.24) is 4.90 Å². The van der Waals surface area contributed by atoms with E-state index in [2.05, 4.69) is 22.8 Å². The van der Waals surface area contributed by atoms with Crippen LogP contribution in [-0.2, 0) is 4.74 Å². The number of para-hydroxylation sites is 1. The van der Waals surface area contributed by atoms with E-state index in [-0.39, 0.29) is 6.04 Å². The molecule has 0 radical (unpaired) electrons. The van der Waals surface area contributed by atoms with Gasteiger partial charge in [0.15, 0.2) is 0 Å². The average molecular weight is 307 g/mol. The molecule has 118 valence electrons. The summed E-state index contributed by atoms with van der Waals surface area (Å²) in [6, 6.07) is 18.2. The van der Waals surface area contributed by atoms with Gasteiger partial charge in [0.2, 0.25) is 0 Å². The van der Waals surface area contributed by atoms with E-state index < -0.39 is 0 Å². The minimum atomic E-state index is 0.00950. The van der Waals surface area contributed by atoms with Crippen LogP contribution in [0.1, 0.15) is 17.2 Å². The molecule has 3 nitrogen and oxygen atoms in total. The van der Waals surface area contributed by atoms with Crippen molar-refractivity contribution in [2.24, 2.45) is 0 Å². The van der Waals surface area contributed by atoms with Crippen LogP contribution in [0.15, 0.2) is 54.6 Å². The summed E-state index contributed by atoms with van der Waals surface area (Å²) in [6.07, 6.45) is 0. The molecule has 2 aromatic carbocycles. The molecule has 0 amide bonds. The molecule has 2 aromatic rings. The molecule has 0 bridgehead atoms. The van der Waals surface area contributed by atoms with E-state index in [1.807, 2.05) is 48.5 Å². The van der Waals surface area contributed by atoms with E-state index in [0.717, 1.165) is 43.2 Å². The Morgan fingerprint density at radius 2 is 1.70 bits per heavy atom. The number of ether oxygens (including phenoxy) is 2. The Balaban J connectivity index is 1.95. The number of nitrogens with zero attached hydrogens (tertiary/aromatic N) is 1. The second kappa shape index (κ2) is 7.82. The smallest absolute Gasteiger partial charge is 0.124 e. The van der Waals surface area contributed by atoms with Crippen LogP contribution in [0.3, 0.4) is 0 Å². The fourth-order valence-corrected chi connectivity index (χ4v) is 2.77. The van der Waals surface area contributed by atoms with Crippen molar-refractivity contribution < 1.29 is 9.47 Å². The van der Waals surface area contributed by atoms with Gasteiger partial charge in [-0.25, -0.2) is 0 Å². The van der Waals surface area contributed by atoms with Gasteiger partial charge < -0.3 is 9.47 Å². The largest absolute Gasteiger partial charge is 0.496 e. The summed E-state index contributed by atoms with van der Waals surface area (Å²) < 4.78 is 11.0. The zero-order chi connectivity index (χ0) is 15.9. The summed E-state index contributed by atoms with van der Waals surface area (Å²) in [6.45, 7) is 3.26. The van der Waals surface area contributed by atoms with Crippen LogP contribution >= 0.6 is 0 Å². The molecule has 0 spiro atoms. The summed E-state index contributed by atoms with van der Waals surface area (Å²) in [5.74, 6) is 7.62. The first-order chi connectivity index (χ1) is 11.4. The van der Waals surface area contributed by atoms with Crippen molar-refractivity contribution >= 4 is 0 Å². The molecule has 0 aliphatic carbocycles. The molecule has 1 unspecified atom stereocenters. The van der Waals surface area contributed by atoms with Gasteiger partial charge in [-0.3, -0.25) is 4.90 Å². The maximum atomic E-state index is 5.54. The van der Waals surface area contributed by atoms with Gasteiger partial charge in [0, 0.05) is 24.2 Å².